The highest BCUT2D eigenvalue weighted by atomic mass is 16.2. The van der Waals surface area contributed by atoms with Crippen molar-refractivity contribution < 1.29 is 24.0 Å². The zero-order valence-corrected chi connectivity index (χ0v) is 26.6. The van der Waals surface area contributed by atoms with Crippen molar-refractivity contribution in [2.24, 2.45) is 17.1 Å². The minimum absolute atomic E-state index is 0.114. The number of primary amides is 1. The number of hydrogen-bond acceptors (Lipinski definition) is 6. The van der Waals surface area contributed by atoms with Crippen LogP contribution in [0.2, 0.25) is 0 Å². The molecule has 4 atom stereocenters. The lowest BCUT2D eigenvalue weighted by atomic mass is 9.85. The van der Waals surface area contributed by atoms with Crippen LogP contribution in [-0.4, -0.2) is 77.7 Å². The minimum atomic E-state index is -1.12. The van der Waals surface area contributed by atoms with Crippen LogP contribution in [-0.2, 0) is 19.2 Å². The molecule has 1 heterocycles. The van der Waals surface area contributed by atoms with Crippen molar-refractivity contribution >= 4 is 29.5 Å². The van der Waals surface area contributed by atoms with Gasteiger partial charge in [-0.3, -0.25) is 19.2 Å². The van der Waals surface area contributed by atoms with Crippen LogP contribution in [0.25, 0.3) is 0 Å². The normalized spacial score (nSPS) is 20.3. The first kappa shape index (κ1) is 36.3. The van der Waals surface area contributed by atoms with Gasteiger partial charge in [0.15, 0.2) is 0 Å². The van der Waals surface area contributed by atoms with Crippen LogP contribution in [0.4, 0.5) is 4.79 Å². The van der Waals surface area contributed by atoms with Crippen molar-refractivity contribution in [2.75, 3.05) is 13.1 Å². The molecule has 6 N–H and O–H groups in total. The molecule has 236 valence electrons. The monoisotopic (exact) mass is 580 g/mol. The van der Waals surface area contributed by atoms with Crippen molar-refractivity contribution in [3.05, 3.63) is 0 Å². The van der Waals surface area contributed by atoms with E-state index in [1.165, 1.54) is 24.2 Å². The number of unbranched alkanes of at least 4 members (excludes halogenated alkanes) is 2. The first-order valence-corrected chi connectivity index (χ1v) is 15.4. The number of nitrogens with one attached hydrogen (secondary N) is 4. The Bertz CT molecular complexity index is 883. The molecule has 1 saturated heterocycles. The third-order valence-electron chi connectivity index (χ3n) is 7.59. The first-order valence-electron chi connectivity index (χ1n) is 15.4. The van der Waals surface area contributed by atoms with Gasteiger partial charge < -0.3 is 31.9 Å². The van der Waals surface area contributed by atoms with Gasteiger partial charge in [0.05, 0.1) is 6.04 Å². The molecule has 11 nitrogen and oxygen atoms in total. The maximum Gasteiger partial charge on any atom is 0.315 e. The van der Waals surface area contributed by atoms with E-state index in [1.54, 1.807) is 6.92 Å². The lowest BCUT2D eigenvalue weighted by Gasteiger charge is -2.35. The second kappa shape index (κ2) is 17.3. The standard InChI is InChI=1S/C25H46N6O5.C5H10/c1-8-10-11-12-27-16-13-18(22(34)29-17(9-2)19(32)21(26)33)31(14-16)23(35)20(25(5,6)7)30-24(36)28-15(3)4;1-5-3-2-4-5/h15-18,20,27H,8-14H2,1-7H3,(H2,26,33)(H,29,34)(H2,28,30,36);5H,2-4H2,1H3/t16-,17-,18+,20?;/m1./s1. The van der Waals surface area contributed by atoms with Crippen molar-refractivity contribution in [3.8, 4) is 0 Å². The maximum absolute atomic E-state index is 13.8. The lowest BCUT2D eigenvalue weighted by Crippen LogP contribution is -2.60. The van der Waals surface area contributed by atoms with Gasteiger partial charge >= 0.3 is 6.03 Å². The van der Waals surface area contributed by atoms with E-state index in [2.05, 4.69) is 35.1 Å². The van der Waals surface area contributed by atoms with E-state index in [9.17, 15) is 24.0 Å². The summed E-state index contributed by atoms with van der Waals surface area (Å²) < 4.78 is 0. The van der Waals surface area contributed by atoms with Gasteiger partial charge in [0.1, 0.15) is 12.1 Å². The van der Waals surface area contributed by atoms with Crippen molar-refractivity contribution in [1.29, 1.82) is 0 Å². The van der Waals surface area contributed by atoms with Crippen molar-refractivity contribution in [1.82, 2.24) is 26.2 Å². The van der Waals surface area contributed by atoms with E-state index in [4.69, 9.17) is 5.73 Å². The van der Waals surface area contributed by atoms with Crippen LogP contribution in [0.15, 0.2) is 0 Å². The Balaban J connectivity index is 0.00000150. The molecule has 2 aliphatic rings. The minimum Gasteiger partial charge on any atom is -0.363 e. The molecular weight excluding hydrogens is 524 g/mol. The fourth-order valence-electron chi connectivity index (χ4n) is 4.81. The number of carbonyl (C=O) groups is 5. The quantitative estimate of drug-likeness (QED) is 0.166. The summed E-state index contributed by atoms with van der Waals surface area (Å²) in [6.07, 6.45) is 8.12. The van der Waals surface area contributed by atoms with E-state index in [0.717, 1.165) is 31.7 Å². The summed E-state index contributed by atoms with van der Waals surface area (Å²) in [5.41, 5.74) is 4.49. The molecule has 11 heteroatoms. The molecule has 1 saturated carbocycles. The number of amides is 5. The highest BCUT2D eigenvalue weighted by Gasteiger charge is 2.45. The summed E-state index contributed by atoms with van der Waals surface area (Å²) in [4.78, 5) is 64.5. The third-order valence-corrected chi connectivity index (χ3v) is 7.59. The molecule has 0 bridgehead atoms. The van der Waals surface area contributed by atoms with Crippen molar-refractivity contribution in [3.63, 3.8) is 0 Å². The number of carbonyl (C=O) groups excluding carboxylic acids is 5. The molecule has 41 heavy (non-hydrogen) atoms. The molecule has 1 aliphatic heterocycles. The number of hydrogen-bond donors (Lipinski definition) is 5. The van der Waals surface area contributed by atoms with Gasteiger partial charge in [-0.05, 0) is 51.0 Å². The zero-order valence-electron chi connectivity index (χ0n) is 26.6. The Hall–Kier alpha value is -2.69. The van der Waals surface area contributed by atoms with Gasteiger partial charge in [-0.2, -0.15) is 0 Å². The highest BCUT2D eigenvalue weighted by Crippen LogP contribution is 2.27. The summed E-state index contributed by atoms with van der Waals surface area (Å²) in [5.74, 6) is -1.84. The van der Waals surface area contributed by atoms with E-state index in [0.29, 0.717) is 6.42 Å². The fourth-order valence-corrected chi connectivity index (χ4v) is 4.81. The molecule has 2 rings (SSSR count). The molecular formula is C30H56N6O5. The topological polar surface area (TPSA) is 163 Å². The second-order valence-corrected chi connectivity index (χ2v) is 12.9. The van der Waals surface area contributed by atoms with Gasteiger partial charge in [0.25, 0.3) is 5.91 Å². The van der Waals surface area contributed by atoms with Gasteiger partial charge in [-0.25, -0.2) is 4.79 Å². The maximum atomic E-state index is 13.8. The Labute approximate surface area is 246 Å². The Kier molecular flexibility index (Phi) is 15.3. The van der Waals surface area contributed by atoms with Gasteiger partial charge in [0, 0.05) is 18.6 Å². The van der Waals surface area contributed by atoms with Gasteiger partial charge in [0.2, 0.25) is 17.6 Å². The number of nitrogens with two attached hydrogens (primary N) is 1. The Morgan fingerprint density at radius 2 is 1.59 bits per heavy atom. The molecule has 0 aromatic heterocycles. The summed E-state index contributed by atoms with van der Waals surface area (Å²) in [5, 5.41) is 11.5. The number of rotatable bonds is 13. The first-order chi connectivity index (χ1) is 19.1. The van der Waals surface area contributed by atoms with E-state index >= 15 is 0 Å². The van der Waals surface area contributed by atoms with Crippen LogP contribution in [0, 0.1) is 11.3 Å². The van der Waals surface area contributed by atoms with Crippen LogP contribution < -0.4 is 27.0 Å². The van der Waals surface area contributed by atoms with Crippen LogP contribution in [0.5, 0.6) is 0 Å². The highest BCUT2D eigenvalue weighted by molar-refractivity contribution is 6.37. The van der Waals surface area contributed by atoms with E-state index in [-0.39, 0.29) is 31.0 Å². The molecule has 5 amide bonds. The van der Waals surface area contributed by atoms with Crippen molar-refractivity contribution in [2.45, 2.75) is 137 Å². The van der Waals surface area contributed by atoms with Gasteiger partial charge in [-0.15, -0.1) is 0 Å². The fraction of sp³-hybridized carbons (Fsp3) is 0.833. The molecule has 0 radical (unpaired) electrons. The number of urea groups is 1. The van der Waals surface area contributed by atoms with E-state index in [1.807, 2.05) is 34.6 Å². The largest absolute Gasteiger partial charge is 0.363 e. The summed E-state index contributed by atoms with van der Waals surface area (Å²) in [6, 6.07) is -3.52. The summed E-state index contributed by atoms with van der Waals surface area (Å²) >= 11 is 0. The number of likely N-dealkylation sites (tertiary alicyclic amines) is 1. The lowest BCUT2D eigenvalue weighted by molar-refractivity contribution is -0.143. The van der Waals surface area contributed by atoms with E-state index < -0.39 is 47.2 Å². The predicted molar refractivity (Wildman–Crippen MR) is 161 cm³/mol. The number of Topliss-reactive ketones (excluding diaryl/α,β-unsaturated/α-hetero) is 1. The number of nitrogens with zero attached hydrogens (tertiary/aromatic N) is 1. The third kappa shape index (κ3) is 12.4. The predicted octanol–water partition coefficient (Wildman–Crippen LogP) is 2.61. The molecule has 0 aromatic rings. The smallest absolute Gasteiger partial charge is 0.315 e. The van der Waals surface area contributed by atoms with Crippen LogP contribution in [0.3, 0.4) is 0 Å². The molecule has 0 spiro atoms. The Morgan fingerprint density at radius 3 is 2.02 bits per heavy atom. The second-order valence-electron chi connectivity index (χ2n) is 12.9. The Morgan fingerprint density at radius 1 is 0.976 bits per heavy atom. The molecule has 0 aromatic carbocycles. The summed E-state index contributed by atoms with van der Waals surface area (Å²) in [7, 11) is 0. The van der Waals surface area contributed by atoms with Gasteiger partial charge in [-0.1, -0.05) is 73.6 Å². The average molecular weight is 581 g/mol. The molecule has 1 unspecified atom stereocenters. The zero-order chi connectivity index (χ0) is 31.3. The molecule has 2 fully saturated rings. The summed E-state index contributed by atoms with van der Waals surface area (Å²) in [6.45, 7) is 16.3. The van der Waals surface area contributed by atoms with Crippen LogP contribution >= 0.6 is 0 Å². The average Bonchev–Trinajstić information content (AvgIpc) is 3.30. The van der Waals surface area contributed by atoms with Crippen LogP contribution in [0.1, 0.15) is 107 Å². The molecule has 1 aliphatic carbocycles. The SMILES string of the molecule is CC1CCC1.CCCCCN[C@@H]1C[C@@H](C(=O)N[C@H](CC)C(=O)C(N)=O)N(C(=O)C(NC(=O)NC(C)C)C(C)(C)C)C1. The number of ketones is 1.